The number of rotatable bonds is 4. The fourth-order valence-corrected chi connectivity index (χ4v) is 2.62. The number of carbonyl (C=O) groups is 1. The second-order valence-electron chi connectivity index (χ2n) is 5.72. The summed E-state index contributed by atoms with van der Waals surface area (Å²) >= 11 is 0. The van der Waals surface area contributed by atoms with Crippen LogP contribution in [-0.4, -0.2) is 41.8 Å². The summed E-state index contributed by atoms with van der Waals surface area (Å²) in [7, 11) is 0. The molecule has 0 aromatic heterocycles. The van der Waals surface area contributed by atoms with E-state index in [9.17, 15) is 4.79 Å². The van der Waals surface area contributed by atoms with E-state index >= 15 is 0 Å². The normalized spacial score (nSPS) is 21.6. The highest BCUT2D eigenvalue weighted by Crippen LogP contribution is 2.20. The molecule has 1 aromatic rings. The summed E-state index contributed by atoms with van der Waals surface area (Å²) in [5.74, 6) is 0.513. The number of urea groups is 1. The number of aliphatic hydroxyl groups is 1. The first-order valence-corrected chi connectivity index (χ1v) is 7.33. The van der Waals surface area contributed by atoms with E-state index in [1.54, 1.807) is 4.90 Å². The highest BCUT2D eigenvalue weighted by Gasteiger charge is 2.27. The van der Waals surface area contributed by atoms with Crippen molar-refractivity contribution < 1.29 is 9.90 Å². The largest absolute Gasteiger partial charge is 0.396 e. The van der Waals surface area contributed by atoms with E-state index in [0.29, 0.717) is 6.54 Å². The first-order chi connectivity index (χ1) is 9.61. The van der Waals surface area contributed by atoms with Crippen LogP contribution in [0.15, 0.2) is 30.3 Å². The number of carbonyl (C=O) groups excluding carboxylic acids is 1. The molecule has 2 N–H and O–H groups in total. The summed E-state index contributed by atoms with van der Waals surface area (Å²) in [5, 5.41) is 12.2. The lowest BCUT2D eigenvalue weighted by atomic mass is 9.94. The molecule has 0 spiro atoms. The number of amides is 2. The van der Waals surface area contributed by atoms with Crippen LogP contribution in [0.4, 0.5) is 4.79 Å². The van der Waals surface area contributed by atoms with Crippen molar-refractivity contribution >= 4 is 6.03 Å². The van der Waals surface area contributed by atoms with Crippen LogP contribution in [0.3, 0.4) is 0 Å². The van der Waals surface area contributed by atoms with Crippen LogP contribution in [-0.2, 0) is 0 Å². The summed E-state index contributed by atoms with van der Waals surface area (Å²) in [5.41, 5.74) is 1.23. The van der Waals surface area contributed by atoms with Gasteiger partial charge in [-0.05, 0) is 18.9 Å². The summed E-state index contributed by atoms with van der Waals surface area (Å²) in [6.45, 7) is 5.73. The predicted molar refractivity (Wildman–Crippen MR) is 79.6 cm³/mol. The van der Waals surface area contributed by atoms with E-state index in [0.717, 1.165) is 13.0 Å². The molecule has 0 radical (unpaired) electrons. The van der Waals surface area contributed by atoms with Crippen molar-refractivity contribution in [3.05, 3.63) is 35.9 Å². The molecule has 3 unspecified atom stereocenters. The van der Waals surface area contributed by atoms with Crippen LogP contribution in [0.25, 0.3) is 0 Å². The van der Waals surface area contributed by atoms with Crippen molar-refractivity contribution in [2.75, 3.05) is 19.7 Å². The van der Waals surface area contributed by atoms with Gasteiger partial charge >= 0.3 is 6.03 Å². The lowest BCUT2D eigenvalue weighted by Gasteiger charge is -2.25. The van der Waals surface area contributed by atoms with E-state index in [2.05, 4.69) is 24.4 Å². The van der Waals surface area contributed by atoms with Gasteiger partial charge in [0.05, 0.1) is 0 Å². The fraction of sp³-hybridized carbons (Fsp3) is 0.562. The Morgan fingerprint density at radius 2 is 2.10 bits per heavy atom. The molecule has 3 atom stereocenters. The Balaban J connectivity index is 1.88. The predicted octanol–water partition coefficient (Wildman–Crippen LogP) is 2.20. The molecule has 20 heavy (non-hydrogen) atoms. The minimum Gasteiger partial charge on any atom is -0.396 e. The molecule has 0 bridgehead atoms. The quantitative estimate of drug-likeness (QED) is 0.886. The number of benzene rings is 1. The maximum absolute atomic E-state index is 12.2. The number of aliphatic hydroxyl groups excluding tert-OH is 1. The molecule has 1 aromatic carbocycles. The highest BCUT2D eigenvalue weighted by molar-refractivity contribution is 5.74. The van der Waals surface area contributed by atoms with Gasteiger partial charge in [0.1, 0.15) is 0 Å². The van der Waals surface area contributed by atoms with E-state index in [-0.39, 0.29) is 30.5 Å². The SMILES string of the molecule is CC(NC(=O)N1CCC(CO)C1)C(C)c1ccccc1. The molecule has 110 valence electrons. The molecule has 1 aliphatic heterocycles. The van der Waals surface area contributed by atoms with Gasteiger partial charge < -0.3 is 15.3 Å². The highest BCUT2D eigenvalue weighted by atomic mass is 16.3. The van der Waals surface area contributed by atoms with E-state index < -0.39 is 0 Å². The van der Waals surface area contributed by atoms with Crippen molar-refractivity contribution in [2.45, 2.75) is 32.2 Å². The zero-order chi connectivity index (χ0) is 14.5. The van der Waals surface area contributed by atoms with Gasteiger partial charge in [-0.1, -0.05) is 37.3 Å². The average Bonchev–Trinajstić information content (AvgIpc) is 2.96. The Kier molecular flexibility index (Phi) is 5.01. The number of nitrogens with one attached hydrogen (secondary N) is 1. The van der Waals surface area contributed by atoms with Crippen molar-refractivity contribution in [2.24, 2.45) is 5.92 Å². The minimum absolute atomic E-state index is 0.0174. The lowest BCUT2D eigenvalue weighted by molar-refractivity contribution is 0.194. The average molecular weight is 276 g/mol. The second-order valence-corrected chi connectivity index (χ2v) is 5.72. The number of nitrogens with zero attached hydrogens (tertiary/aromatic N) is 1. The van der Waals surface area contributed by atoms with Crippen molar-refractivity contribution in [1.29, 1.82) is 0 Å². The Morgan fingerprint density at radius 3 is 2.70 bits per heavy atom. The molecule has 2 rings (SSSR count). The number of hydrogen-bond donors (Lipinski definition) is 2. The maximum Gasteiger partial charge on any atom is 0.317 e. The molecule has 1 fully saturated rings. The first kappa shape index (κ1) is 14.9. The zero-order valence-corrected chi connectivity index (χ0v) is 12.2. The Morgan fingerprint density at radius 1 is 1.40 bits per heavy atom. The van der Waals surface area contributed by atoms with E-state index in [4.69, 9.17) is 5.11 Å². The van der Waals surface area contributed by atoms with Gasteiger partial charge in [0.15, 0.2) is 0 Å². The van der Waals surface area contributed by atoms with Gasteiger partial charge in [0.2, 0.25) is 0 Å². The molecule has 2 amide bonds. The van der Waals surface area contributed by atoms with Crippen molar-refractivity contribution in [1.82, 2.24) is 10.2 Å². The van der Waals surface area contributed by atoms with Crippen LogP contribution < -0.4 is 5.32 Å². The van der Waals surface area contributed by atoms with E-state index in [1.807, 2.05) is 25.1 Å². The third-order valence-corrected chi connectivity index (χ3v) is 4.26. The molecule has 1 saturated heterocycles. The third kappa shape index (κ3) is 3.51. The van der Waals surface area contributed by atoms with Gasteiger partial charge in [-0.2, -0.15) is 0 Å². The van der Waals surface area contributed by atoms with Gasteiger partial charge in [-0.15, -0.1) is 0 Å². The minimum atomic E-state index is -0.0174. The molecule has 0 saturated carbocycles. The number of likely N-dealkylation sites (tertiary alicyclic amines) is 1. The zero-order valence-electron chi connectivity index (χ0n) is 12.2. The first-order valence-electron chi connectivity index (χ1n) is 7.33. The molecule has 0 aliphatic carbocycles. The summed E-state index contributed by atoms with van der Waals surface area (Å²) in [6, 6.07) is 10.3. The van der Waals surface area contributed by atoms with Crippen molar-refractivity contribution in [3.63, 3.8) is 0 Å². The summed E-state index contributed by atoms with van der Waals surface area (Å²) < 4.78 is 0. The third-order valence-electron chi connectivity index (χ3n) is 4.26. The molecular weight excluding hydrogens is 252 g/mol. The molecule has 1 heterocycles. The Hall–Kier alpha value is -1.55. The fourth-order valence-electron chi connectivity index (χ4n) is 2.62. The topological polar surface area (TPSA) is 52.6 Å². The van der Waals surface area contributed by atoms with Crippen LogP contribution in [0.1, 0.15) is 31.7 Å². The van der Waals surface area contributed by atoms with Gasteiger partial charge in [0, 0.05) is 37.6 Å². The summed E-state index contributed by atoms with van der Waals surface area (Å²) in [4.78, 5) is 14.0. The van der Waals surface area contributed by atoms with E-state index in [1.165, 1.54) is 5.56 Å². The molecule has 4 nitrogen and oxygen atoms in total. The standard InChI is InChI=1S/C16H24N2O2/c1-12(15-6-4-3-5-7-15)13(2)17-16(20)18-9-8-14(10-18)11-19/h3-7,12-14,19H,8-11H2,1-2H3,(H,17,20). The molecular formula is C16H24N2O2. The Labute approximate surface area is 120 Å². The molecule has 1 aliphatic rings. The van der Waals surface area contributed by atoms with Gasteiger partial charge in [-0.25, -0.2) is 4.79 Å². The van der Waals surface area contributed by atoms with Crippen LogP contribution in [0.5, 0.6) is 0 Å². The van der Waals surface area contributed by atoms with Gasteiger partial charge in [0.25, 0.3) is 0 Å². The van der Waals surface area contributed by atoms with Gasteiger partial charge in [-0.3, -0.25) is 0 Å². The molecule has 4 heteroatoms. The maximum atomic E-state index is 12.2. The number of hydrogen-bond acceptors (Lipinski definition) is 2. The van der Waals surface area contributed by atoms with Crippen LogP contribution >= 0.6 is 0 Å². The van der Waals surface area contributed by atoms with Crippen molar-refractivity contribution in [3.8, 4) is 0 Å². The summed E-state index contributed by atoms with van der Waals surface area (Å²) in [6.07, 6.45) is 0.895. The Bertz CT molecular complexity index is 435. The van der Waals surface area contributed by atoms with Crippen LogP contribution in [0, 0.1) is 5.92 Å². The smallest absolute Gasteiger partial charge is 0.317 e. The van der Waals surface area contributed by atoms with Crippen LogP contribution in [0.2, 0.25) is 0 Å². The monoisotopic (exact) mass is 276 g/mol. The second kappa shape index (κ2) is 6.75. The lowest BCUT2D eigenvalue weighted by Crippen LogP contribution is -2.44.